The van der Waals surface area contributed by atoms with Gasteiger partial charge in [0.15, 0.2) is 0 Å². The number of hydrogen-bond acceptors (Lipinski definition) is 6. The highest BCUT2D eigenvalue weighted by atomic mass is 32.1. The van der Waals surface area contributed by atoms with E-state index in [4.69, 9.17) is 10.8 Å². The number of fused-ring (bicyclic) bond motifs is 1. The van der Waals surface area contributed by atoms with Gasteiger partial charge in [-0.2, -0.15) is 4.68 Å². The molecule has 0 atom stereocenters. The summed E-state index contributed by atoms with van der Waals surface area (Å²) in [6.07, 6.45) is 0. The largest absolute Gasteiger partial charge is 0.338 e. The molecule has 0 unspecified atom stereocenters. The molecule has 1 aliphatic heterocycles. The summed E-state index contributed by atoms with van der Waals surface area (Å²) in [5, 5.41) is 0.654. The van der Waals surface area contributed by atoms with Crippen LogP contribution in [0.2, 0.25) is 0 Å². The first kappa shape index (κ1) is 17.1. The van der Waals surface area contributed by atoms with E-state index in [-0.39, 0.29) is 5.56 Å². The second-order valence-corrected chi connectivity index (χ2v) is 8.00. The Labute approximate surface area is 156 Å². The molecular weight excluding hydrogens is 346 g/mol. The van der Waals surface area contributed by atoms with Crippen molar-refractivity contribution in [3.8, 4) is 0 Å². The fraction of sp³-hybridized carbons (Fsp3) is 0.368. The van der Waals surface area contributed by atoms with Crippen molar-refractivity contribution in [3.63, 3.8) is 0 Å². The van der Waals surface area contributed by atoms with Crippen LogP contribution in [0.4, 0.5) is 5.95 Å². The normalized spacial score (nSPS) is 15.7. The minimum atomic E-state index is -0.154. The Hall–Kier alpha value is -2.38. The first-order chi connectivity index (χ1) is 12.5. The van der Waals surface area contributed by atoms with Crippen molar-refractivity contribution in [1.82, 2.24) is 14.6 Å². The van der Waals surface area contributed by atoms with Crippen molar-refractivity contribution in [2.75, 3.05) is 36.9 Å². The highest BCUT2D eigenvalue weighted by molar-refractivity contribution is 7.18. The van der Waals surface area contributed by atoms with Crippen molar-refractivity contribution in [1.29, 1.82) is 0 Å². The molecule has 3 aromatic rings. The van der Waals surface area contributed by atoms with Crippen molar-refractivity contribution < 1.29 is 0 Å². The number of rotatable bonds is 3. The van der Waals surface area contributed by atoms with Crippen LogP contribution in [0.15, 0.2) is 35.1 Å². The zero-order valence-corrected chi connectivity index (χ0v) is 15.9. The van der Waals surface area contributed by atoms with Gasteiger partial charge < -0.3 is 10.7 Å². The summed E-state index contributed by atoms with van der Waals surface area (Å²) in [5.41, 5.74) is 2.15. The van der Waals surface area contributed by atoms with E-state index >= 15 is 0 Å². The number of aryl methyl sites for hydroxylation is 2. The lowest BCUT2D eigenvalue weighted by Crippen LogP contribution is -2.48. The molecule has 1 fully saturated rings. The molecule has 3 heterocycles. The molecule has 0 saturated carbocycles. The maximum Gasteiger partial charge on any atom is 0.282 e. The zero-order chi connectivity index (χ0) is 18.3. The third-order valence-corrected chi connectivity index (χ3v) is 6.22. The average Bonchev–Trinajstić information content (AvgIpc) is 2.94. The van der Waals surface area contributed by atoms with Crippen molar-refractivity contribution in [3.05, 3.63) is 56.7 Å². The highest BCUT2D eigenvalue weighted by Crippen LogP contribution is 2.27. The van der Waals surface area contributed by atoms with Crippen molar-refractivity contribution in [2.24, 2.45) is 0 Å². The number of nitrogen functional groups attached to an aromatic ring is 1. The Bertz CT molecular complexity index is 987. The van der Waals surface area contributed by atoms with Gasteiger partial charge in [0, 0.05) is 37.6 Å². The topological polar surface area (TPSA) is 67.4 Å². The van der Waals surface area contributed by atoms with E-state index < -0.39 is 0 Å². The number of aromatic nitrogens is 2. The van der Waals surface area contributed by atoms with Gasteiger partial charge in [-0.05, 0) is 25.0 Å². The Morgan fingerprint density at radius 2 is 1.81 bits per heavy atom. The van der Waals surface area contributed by atoms with Crippen LogP contribution in [-0.4, -0.2) is 40.7 Å². The van der Waals surface area contributed by atoms with Gasteiger partial charge >= 0.3 is 0 Å². The lowest BCUT2D eigenvalue weighted by molar-refractivity contribution is 0.248. The Morgan fingerprint density at radius 1 is 1.12 bits per heavy atom. The maximum absolute atomic E-state index is 12.7. The van der Waals surface area contributed by atoms with Gasteiger partial charge in [-0.15, -0.1) is 11.3 Å². The summed E-state index contributed by atoms with van der Waals surface area (Å²) in [6.45, 7) is 8.39. The maximum atomic E-state index is 12.7. The molecule has 2 aromatic heterocycles. The van der Waals surface area contributed by atoms with Crippen LogP contribution in [0.1, 0.15) is 16.0 Å². The van der Waals surface area contributed by atoms with Crippen LogP contribution in [0, 0.1) is 13.8 Å². The summed E-state index contributed by atoms with van der Waals surface area (Å²) >= 11 is 1.57. The SMILES string of the molecule is Cc1sc2nc(N3CCN(Cc4ccccc4)CC3)n(N)c(=O)c2c1C. The van der Waals surface area contributed by atoms with Crippen molar-refractivity contribution >= 4 is 27.5 Å². The number of benzene rings is 1. The first-order valence-electron chi connectivity index (χ1n) is 8.83. The van der Waals surface area contributed by atoms with E-state index in [1.54, 1.807) is 11.3 Å². The quantitative estimate of drug-likeness (QED) is 0.716. The molecule has 0 amide bonds. The van der Waals surface area contributed by atoms with Gasteiger partial charge in [0.2, 0.25) is 5.95 Å². The summed E-state index contributed by atoms with van der Waals surface area (Å²) in [7, 11) is 0. The zero-order valence-electron chi connectivity index (χ0n) is 15.1. The number of piperazine rings is 1. The predicted octanol–water partition coefficient (Wildman–Crippen LogP) is 2.11. The molecule has 1 aliphatic rings. The van der Waals surface area contributed by atoms with Crippen molar-refractivity contribution in [2.45, 2.75) is 20.4 Å². The van der Waals surface area contributed by atoms with E-state index in [0.717, 1.165) is 48.0 Å². The Morgan fingerprint density at radius 3 is 2.50 bits per heavy atom. The van der Waals surface area contributed by atoms with E-state index in [2.05, 4.69) is 34.1 Å². The standard InChI is InChI=1S/C19H23N5OS/c1-13-14(2)26-17-16(13)18(25)24(20)19(21-17)23-10-8-22(9-11-23)12-15-6-4-3-5-7-15/h3-7H,8-12,20H2,1-2H3. The third kappa shape index (κ3) is 2.97. The molecule has 1 aromatic carbocycles. The summed E-state index contributed by atoms with van der Waals surface area (Å²) in [5.74, 6) is 6.68. The molecule has 4 rings (SSSR count). The molecule has 0 spiro atoms. The molecule has 2 N–H and O–H groups in total. The monoisotopic (exact) mass is 369 g/mol. The minimum Gasteiger partial charge on any atom is -0.338 e. The van der Waals surface area contributed by atoms with E-state index in [1.165, 1.54) is 10.2 Å². The van der Waals surface area contributed by atoms with Crippen LogP contribution in [0.25, 0.3) is 10.2 Å². The summed E-state index contributed by atoms with van der Waals surface area (Å²) in [6, 6.07) is 10.5. The molecule has 6 nitrogen and oxygen atoms in total. The second kappa shape index (κ2) is 6.74. The smallest absolute Gasteiger partial charge is 0.282 e. The number of nitrogens with two attached hydrogens (primary N) is 1. The van der Waals surface area contributed by atoms with E-state index in [1.807, 2.05) is 19.9 Å². The van der Waals surface area contributed by atoms with Gasteiger partial charge in [-0.25, -0.2) is 4.98 Å². The number of nitrogens with zero attached hydrogens (tertiary/aromatic N) is 4. The van der Waals surface area contributed by atoms with Crippen LogP contribution in [-0.2, 0) is 6.54 Å². The van der Waals surface area contributed by atoms with Gasteiger partial charge in [0.1, 0.15) is 4.83 Å². The fourth-order valence-electron chi connectivity index (χ4n) is 3.47. The second-order valence-electron chi connectivity index (χ2n) is 6.80. The molecule has 0 radical (unpaired) electrons. The fourth-order valence-corrected chi connectivity index (χ4v) is 4.48. The molecule has 7 heteroatoms. The van der Waals surface area contributed by atoms with Crippen LogP contribution < -0.4 is 16.3 Å². The van der Waals surface area contributed by atoms with Gasteiger partial charge in [0.05, 0.1) is 5.39 Å². The number of thiophene rings is 1. The van der Waals surface area contributed by atoms with Crippen LogP contribution >= 0.6 is 11.3 Å². The third-order valence-electron chi connectivity index (χ3n) is 5.12. The highest BCUT2D eigenvalue weighted by Gasteiger charge is 2.23. The molecule has 1 saturated heterocycles. The van der Waals surface area contributed by atoms with E-state index in [0.29, 0.717) is 11.3 Å². The van der Waals surface area contributed by atoms with E-state index in [9.17, 15) is 4.79 Å². The average molecular weight is 369 g/mol. The molecule has 0 bridgehead atoms. The minimum absolute atomic E-state index is 0.154. The lowest BCUT2D eigenvalue weighted by Gasteiger charge is -2.35. The molecule has 26 heavy (non-hydrogen) atoms. The van der Waals surface area contributed by atoms with Gasteiger partial charge in [-0.1, -0.05) is 30.3 Å². The number of anilines is 1. The number of hydrogen-bond donors (Lipinski definition) is 1. The molecule has 136 valence electrons. The van der Waals surface area contributed by atoms with Gasteiger partial charge in [0.25, 0.3) is 5.56 Å². The molecular formula is C19H23N5OS. The summed E-state index contributed by atoms with van der Waals surface area (Å²) < 4.78 is 1.22. The Kier molecular flexibility index (Phi) is 4.42. The Balaban J connectivity index is 1.54. The molecule has 0 aliphatic carbocycles. The lowest BCUT2D eigenvalue weighted by atomic mass is 10.2. The van der Waals surface area contributed by atoms with Gasteiger partial charge in [-0.3, -0.25) is 9.69 Å². The van der Waals surface area contributed by atoms with Crippen LogP contribution in [0.3, 0.4) is 0 Å². The predicted molar refractivity (Wildman–Crippen MR) is 107 cm³/mol. The summed E-state index contributed by atoms with van der Waals surface area (Å²) in [4.78, 5) is 23.9. The first-order valence-corrected chi connectivity index (χ1v) is 9.65. The van der Waals surface area contributed by atoms with Crippen LogP contribution in [0.5, 0.6) is 0 Å².